The van der Waals surface area contributed by atoms with Gasteiger partial charge in [-0.2, -0.15) is 0 Å². The molecule has 2 N–H and O–H groups in total. The van der Waals surface area contributed by atoms with Crippen LogP contribution < -0.4 is 5.32 Å². The van der Waals surface area contributed by atoms with Crippen LogP contribution in [0.4, 0.5) is 0 Å². The van der Waals surface area contributed by atoms with E-state index in [1.807, 2.05) is 4.90 Å². The molecule has 6 nitrogen and oxygen atoms in total. The van der Waals surface area contributed by atoms with Gasteiger partial charge < -0.3 is 10.4 Å². The van der Waals surface area contributed by atoms with Crippen molar-refractivity contribution in [1.82, 2.24) is 20.2 Å². The van der Waals surface area contributed by atoms with Crippen molar-refractivity contribution in [3.8, 4) is 0 Å². The molecule has 0 radical (unpaired) electrons. The minimum absolute atomic E-state index is 0.215. The fraction of sp³-hybridized carbons (Fsp3) is 0.500. The summed E-state index contributed by atoms with van der Waals surface area (Å²) in [5.41, 5.74) is 0.802. The smallest absolute Gasteiger partial charge is 0.322 e. The molecule has 1 aromatic heterocycles. The number of aromatic nitrogens is 2. The highest BCUT2D eigenvalue weighted by Crippen LogP contribution is 2.07. The van der Waals surface area contributed by atoms with Crippen LogP contribution in [-0.4, -0.2) is 51.6 Å². The third-order valence-corrected chi connectivity index (χ3v) is 2.81. The van der Waals surface area contributed by atoms with Crippen LogP contribution in [0.5, 0.6) is 0 Å². The molecule has 0 unspecified atom stereocenters. The molecule has 0 aliphatic carbocycles. The highest BCUT2D eigenvalue weighted by Gasteiger charge is 2.24. The van der Waals surface area contributed by atoms with Crippen LogP contribution in [0.15, 0.2) is 12.3 Å². The molecule has 0 spiro atoms. The SMILES string of the molecule is O=C(O)[C@@H]1CN(Cc2ccnc(Cl)n2)CCN1. The van der Waals surface area contributed by atoms with Crippen LogP contribution in [0.3, 0.4) is 0 Å². The summed E-state index contributed by atoms with van der Waals surface area (Å²) in [5.74, 6) is -0.824. The summed E-state index contributed by atoms with van der Waals surface area (Å²) in [6, 6.07) is 1.27. The van der Waals surface area contributed by atoms with Crippen molar-refractivity contribution in [3.63, 3.8) is 0 Å². The molecule has 2 rings (SSSR count). The Morgan fingerprint density at radius 2 is 2.53 bits per heavy atom. The maximum atomic E-state index is 10.9. The van der Waals surface area contributed by atoms with Gasteiger partial charge in [0.25, 0.3) is 0 Å². The van der Waals surface area contributed by atoms with E-state index in [2.05, 4.69) is 15.3 Å². The van der Waals surface area contributed by atoms with Crippen molar-refractivity contribution in [2.24, 2.45) is 0 Å². The monoisotopic (exact) mass is 256 g/mol. The van der Waals surface area contributed by atoms with Crippen molar-refractivity contribution in [3.05, 3.63) is 23.2 Å². The Labute approximate surface area is 104 Å². The second-order valence-corrected chi connectivity index (χ2v) is 4.24. The van der Waals surface area contributed by atoms with E-state index in [0.717, 1.165) is 12.2 Å². The lowest BCUT2D eigenvalue weighted by molar-refractivity contribution is -0.140. The van der Waals surface area contributed by atoms with E-state index < -0.39 is 12.0 Å². The summed E-state index contributed by atoms with van der Waals surface area (Å²) in [6.07, 6.45) is 1.60. The molecule has 17 heavy (non-hydrogen) atoms. The minimum atomic E-state index is -0.824. The van der Waals surface area contributed by atoms with Gasteiger partial charge in [0.15, 0.2) is 0 Å². The number of piperazine rings is 1. The molecule has 92 valence electrons. The first-order chi connectivity index (χ1) is 8.15. The number of nitrogens with one attached hydrogen (secondary N) is 1. The Bertz CT molecular complexity index is 415. The van der Waals surface area contributed by atoms with Gasteiger partial charge in [-0.3, -0.25) is 9.69 Å². The van der Waals surface area contributed by atoms with E-state index in [-0.39, 0.29) is 5.28 Å². The fourth-order valence-electron chi connectivity index (χ4n) is 1.81. The van der Waals surface area contributed by atoms with Crippen LogP contribution in [0.25, 0.3) is 0 Å². The van der Waals surface area contributed by atoms with E-state index >= 15 is 0 Å². The molecular weight excluding hydrogens is 244 g/mol. The Hall–Kier alpha value is -1.24. The number of aliphatic carboxylic acids is 1. The van der Waals surface area contributed by atoms with Gasteiger partial charge >= 0.3 is 5.97 Å². The zero-order chi connectivity index (χ0) is 12.3. The molecule has 2 heterocycles. The Morgan fingerprint density at radius 1 is 1.71 bits per heavy atom. The van der Waals surface area contributed by atoms with Crippen LogP contribution in [-0.2, 0) is 11.3 Å². The first-order valence-electron chi connectivity index (χ1n) is 5.31. The summed E-state index contributed by atoms with van der Waals surface area (Å²) in [7, 11) is 0. The quantitative estimate of drug-likeness (QED) is 0.741. The normalized spacial score (nSPS) is 21.4. The second kappa shape index (κ2) is 5.39. The van der Waals surface area contributed by atoms with Gasteiger partial charge in [0.1, 0.15) is 6.04 Å². The van der Waals surface area contributed by atoms with Gasteiger partial charge in [-0.15, -0.1) is 0 Å². The molecule has 7 heteroatoms. The van der Waals surface area contributed by atoms with Crippen LogP contribution >= 0.6 is 11.6 Å². The lowest BCUT2D eigenvalue weighted by atomic mass is 10.2. The number of halogens is 1. The number of carboxylic acid groups (broad SMARTS) is 1. The van der Waals surface area contributed by atoms with E-state index in [9.17, 15) is 4.79 Å². The highest BCUT2D eigenvalue weighted by molar-refractivity contribution is 6.28. The molecule has 1 aliphatic heterocycles. The molecule has 1 atom stereocenters. The van der Waals surface area contributed by atoms with Crippen molar-refractivity contribution < 1.29 is 9.90 Å². The number of carbonyl (C=O) groups is 1. The van der Waals surface area contributed by atoms with Crippen LogP contribution in [0, 0.1) is 0 Å². The lowest BCUT2D eigenvalue weighted by Gasteiger charge is -2.31. The molecule has 0 amide bonds. The van der Waals surface area contributed by atoms with E-state index in [1.54, 1.807) is 12.3 Å². The highest BCUT2D eigenvalue weighted by atomic mass is 35.5. The largest absolute Gasteiger partial charge is 0.480 e. The van der Waals surface area contributed by atoms with Gasteiger partial charge in [0, 0.05) is 32.4 Å². The number of nitrogens with zero attached hydrogens (tertiary/aromatic N) is 3. The molecular formula is C10H13ClN4O2. The molecule has 1 saturated heterocycles. The van der Waals surface area contributed by atoms with Crippen molar-refractivity contribution in [1.29, 1.82) is 0 Å². The van der Waals surface area contributed by atoms with E-state index in [1.165, 1.54) is 0 Å². The second-order valence-electron chi connectivity index (χ2n) is 3.90. The number of rotatable bonds is 3. The molecule has 1 aliphatic rings. The van der Waals surface area contributed by atoms with Crippen molar-refractivity contribution >= 4 is 17.6 Å². The van der Waals surface area contributed by atoms with Crippen LogP contribution in [0.1, 0.15) is 5.69 Å². The van der Waals surface area contributed by atoms with Crippen LogP contribution in [0.2, 0.25) is 5.28 Å². The topological polar surface area (TPSA) is 78.3 Å². The Balaban J connectivity index is 1.97. The third-order valence-electron chi connectivity index (χ3n) is 2.63. The molecule has 0 bridgehead atoms. The predicted molar refractivity (Wildman–Crippen MR) is 61.7 cm³/mol. The minimum Gasteiger partial charge on any atom is -0.480 e. The van der Waals surface area contributed by atoms with Gasteiger partial charge in [-0.1, -0.05) is 0 Å². The zero-order valence-electron chi connectivity index (χ0n) is 9.14. The zero-order valence-corrected chi connectivity index (χ0v) is 9.89. The van der Waals surface area contributed by atoms with Gasteiger partial charge in [-0.05, 0) is 17.7 Å². The summed E-state index contributed by atoms with van der Waals surface area (Å²) >= 11 is 5.69. The van der Waals surface area contributed by atoms with Gasteiger partial charge in [0.2, 0.25) is 5.28 Å². The summed E-state index contributed by atoms with van der Waals surface area (Å²) in [4.78, 5) is 20.8. The van der Waals surface area contributed by atoms with Crippen molar-refractivity contribution in [2.75, 3.05) is 19.6 Å². The number of hydrogen-bond donors (Lipinski definition) is 2. The van der Waals surface area contributed by atoms with E-state index in [0.29, 0.717) is 19.6 Å². The fourth-order valence-corrected chi connectivity index (χ4v) is 1.97. The standard InChI is InChI=1S/C10H13ClN4O2/c11-10-13-2-1-7(14-10)5-15-4-3-12-8(6-15)9(16)17/h1-2,8,12H,3-6H2,(H,16,17)/t8-/m0/s1. The number of hydrogen-bond acceptors (Lipinski definition) is 5. The maximum absolute atomic E-state index is 10.9. The summed E-state index contributed by atoms with van der Waals surface area (Å²) in [5, 5.41) is 12.1. The number of carboxylic acids is 1. The molecule has 0 aromatic carbocycles. The lowest BCUT2D eigenvalue weighted by Crippen LogP contribution is -2.53. The Morgan fingerprint density at radius 3 is 3.24 bits per heavy atom. The molecule has 0 saturated carbocycles. The maximum Gasteiger partial charge on any atom is 0.322 e. The van der Waals surface area contributed by atoms with Gasteiger partial charge in [0.05, 0.1) is 5.69 Å². The molecule has 1 aromatic rings. The van der Waals surface area contributed by atoms with Crippen molar-refractivity contribution in [2.45, 2.75) is 12.6 Å². The summed E-state index contributed by atoms with van der Waals surface area (Å²) in [6.45, 7) is 2.52. The Kier molecular flexibility index (Phi) is 3.88. The average Bonchev–Trinajstić information content (AvgIpc) is 2.29. The van der Waals surface area contributed by atoms with Gasteiger partial charge in [-0.25, -0.2) is 9.97 Å². The summed E-state index contributed by atoms with van der Waals surface area (Å²) < 4.78 is 0. The third kappa shape index (κ3) is 3.36. The molecule has 1 fully saturated rings. The average molecular weight is 257 g/mol. The predicted octanol–water partition coefficient (Wildman–Crippen LogP) is -0.0116. The van der Waals surface area contributed by atoms with E-state index in [4.69, 9.17) is 16.7 Å². The first kappa shape index (κ1) is 12.2. The first-order valence-corrected chi connectivity index (χ1v) is 5.69.